The summed E-state index contributed by atoms with van der Waals surface area (Å²) in [4.78, 5) is 22.0. The van der Waals surface area contributed by atoms with Gasteiger partial charge in [0.15, 0.2) is 11.5 Å². The first kappa shape index (κ1) is 14.0. The number of methoxy groups -OCH3 is 1. The molecule has 0 saturated carbocycles. The van der Waals surface area contributed by atoms with Crippen LogP contribution in [0.25, 0.3) is 0 Å². The first-order valence-electron chi connectivity index (χ1n) is 5.58. The van der Waals surface area contributed by atoms with Crippen LogP contribution in [-0.4, -0.2) is 24.9 Å². The van der Waals surface area contributed by atoms with Crippen LogP contribution >= 0.6 is 0 Å². The van der Waals surface area contributed by atoms with Crippen molar-refractivity contribution < 1.29 is 19.1 Å². The molecule has 5 nitrogen and oxygen atoms in total. The molecule has 2 N–H and O–H groups in total. The number of ether oxygens (including phenoxy) is 2. The average Bonchev–Trinajstić information content (AvgIpc) is 2.27. The van der Waals surface area contributed by atoms with Crippen molar-refractivity contribution in [2.24, 2.45) is 5.73 Å². The highest BCUT2D eigenvalue weighted by molar-refractivity contribution is 5.93. The predicted molar refractivity (Wildman–Crippen MR) is 66.9 cm³/mol. The minimum absolute atomic E-state index is 0.0511. The molecule has 1 rings (SSSR count). The van der Waals surface area contributed by atoms with Gasteiger partial charge in [0.25, 0.3) is 0 Å². The third kappa shape index (κ3) is 3.76. The monoisotopic (exact) mass is 251 g/mol. The summed E-state index contributed by atoms with van der Waals surface area (Å²) in [7, 11) is 1.47. The number of amides is 1. The summed E-state index contributed by atoms with van der Waals surface area (Å²) in [5.74, 6) is 0.421. The maximum absolute atomic E-state index is 11.0. The van der Waals surface area contributed by atoms with Gasteiger partial charge in [0.05, 0.1) is 7.11 Å². The van der Waals surface area contributed by atoms with E-state index in [-0.39, 0.29) is 11.9 Å². The molecule has 0 aliphatic carbocycles. The van der Waals surface area contributed by atoms with E-state index in [0.29, 0.717) is 23.5 Å². The number of carbonyl (C=O) groups excluding carboxylic acids is 2. The van der Waals surface area contributed by atoms with Crippen LogP contribution < -0.4 is 15.2 Å². The Bertz CT molecular complexity index is 456. The first-order valence-corrected chi connectivity index (χ1v) is 5.58. The molecule has 1 aromatic rings. The summed E-state index contributed by atoms with van der Waals surface area (Å²) in [5.41, 5.74) is 5.52. The number of hydrogen-bond donors (Lipinski definition) is 1. The van der Waals surface area contributed by atoms with Gasteiger partial charge in [-0.3, -0.25) is 9.59 Å². The van der Waals surface area contributed by atoms with Gasteiger partial charge in [-0.25, -0.2) is 0 Å². The molecule has 0 aliphatic heterocycles. The van der Waals surface area contributed by atoms with Crippen LogP contribution in [0, 0.1) is 0 Å². The van der Waals surface area contributed by atoms with Gasteiger partial charge in [-0.15, -0.1) is 0 Å². The van der Waals surface area contributed by atoms with E-state index in [2.05, 4.69) is 0 Å². The molecule has 0 heterocycles. The number of hydrogen-bond acceptors (Lipinski definition) is 4. The van der Waals surface area contributed by atoms with Crippen molar-refractivity contribution in [1.82, 2.24) is 0 Å². The van der Waals surface area contributed by atoms with E-state index in [0.717, 1.165) is 0 Å². The van der Waals surface area contributed by atoms with Crippen LogP contribution in [0.3, 0.4) is 0 Å². The van der Waals surface area contributed by atoms with Crippen LogP contribution in [0.4, 0.5) is 0 Å². The minimum atomic E-state index is -0.531. The molecule has 0 aromatic heterocycles. The van der Waals surface area contributed by atoms with Crippen LogP contribution in [0.15, 0.2) is 18.2 Å². The van der Waals surface area contributed by atoms with E-state index in [1.807, 2.05) is 0 Å². The van der Waals surface area contributed by atoms with Crippen molar-refractivity contribution in [3.63, 3.8) is 0 Å². The van der Waals surface area contributed by atoms with E-state index < -0.39 is 5.91 Å². The number of nitrogens with two attached hydrogens (primary N) is 1. The lowest BCUT2D eigenvalue weighted by Gasteiger charge is -2.16. The van der Waals surface area contributed by atoms with Gasteiger partial charge in [-0.1, -0.05) is 0 Å². The summed E-state index contributed by atoms with van der Waals surface area (Å²) < 4.78 is 10.7. The van der Waals surface area contributed by atoms with Crippen molar-refractivity contribution >= 4 is 11.7 Å². The fourth-order valence-corrected chi connectivity index (χ4v) is 1.58. The molecular weight excluding hydrogens is 234 g/mol. The summed E-state index contributed by atoms with van der Waals surface area (Å²) in [6, 6.07) is 4.67. The lowest BCUT2D eigenvalue weighted by Crippen LogP contribution is -2.16. The average molecular weight is 251 g/mol. The Morgan fingerprint density at radius 2 is 2.00 bits per heavy atom. The maximum atomic E-state index is 11.0. The number of benzene rings is 1. The third-order valence-corrected chi connectivity index (χ3v) is 2.35. The summed E-state index contributed by atoms with van der Waals surface area (Å²) in [6.07, 6.45) is 0.0663. The number of ketones is 1. The number of Topliss-reactive ketones (excluding diaryl/α,β-unsaturated/α-hetero) is 1. The molecule has 0 radical (unpaired) electrons. The summed E-state index contributed by atoms with van der Waals surface area (Å²) in [5, 5.41) is 0. The van der Waals surface area contributed by atoms with Crippen molar-refractivity contribution in [1.29, 1.82) is 0 Å². The fourth-order valence-electron chi connectivity index (χ4n) is 1.58. The van der Waals surface area contributed by atoms with Gasteiger partial charge in [0, 0.05) is 12.0 Å². The number of rotatable bonds is 6. The smallest absolute Gasteiger partial charge is 0.248 e. The molecular formula is C13H17NO4. The Morgan fingerprint density at radius 1 is 1.33 bits per heavy atom. The SMILES string of the molecule is COc1cc(C(N)=O)ccc1OC(C)CC(C)=O. The second-order valence-corrected chi connectivity index (χ2v) is 4.06. The Morgan fingerprint density at radius 3 is 2.50 bits per heavy atom. The van der Waals surface area contributed by atoms with Crippen molar-refractivity contribution in [3.05, 3.63) is 23.8 Å². The molecule has 1 amide bonds. The molecule has 0 saturated heterocycles. The van der Waals surface area contributed by atoms with E-state index in [1.54, 1.807) is 19.1 Å². The normalized spacial score (nSPS) is 11.7. The molecule has 0 fully saturated rings. The fraction of sp³-hybridized carbons (Fsp3) is 0.385. The minimum Gasteiger partial charge on any atom is -0.493 e. The van der Waals surface area contributed by atoms with Gasteiger partial charge in [-0.2, -0.15) is 0 Å². The summed E-state index contributed by atoms with van der Waals surface area (Å²) >= 11 is 0. The standard InChI is InChI=1S/C13H17NO4/c1-8(15)6-9(2)18-11-5-4-10(13(14)16)7-12(11)17-3/h4-5,7,9H,6H2,1-3H3,(H2,14,16). The topological polar surface area (TPSA) is 78.6 Å². The lowest BCUT2D eigenvalue weighted by atomic mass is 10.2. The largest absolute Gasteiger partial charge is 0.493 e. The Kier molecular flexibility index (Phi) is 4.71. The van der Waals surface area contributed by atoms with Gasteiger partial charge >= 0.3 is 0 Å². The molecule has 1 unspecified atom stereocenters. The third-order valence-electron chi connectivity index (χ3n) is 2.35. The highest BCUT2D eigenvalue weighted by Crippen LogP contribution is 2.29. The predicted octanol–water partition coefficient (Wildman–Crippen LogP) is 1.54. The molecule has 18 heavy (non-hydrogen) atoms. The van der Waals surface area contributed by atoms with Crippen LogP contribution in [0.1, 0.15) is 30.6 Å². The first-order chi connectivity index (χ1) is 8.43. The van der Waals surface area contributed by atoms with E-state index in [9.17, 15) is 9.59 Å². The Hall–Kier alpha value is -2.04. The molecule has 1 atom stereocenters. The highest BCUT2D eigenvalue weighted by Gasteiger charge is 2.13. The zero-order chi connectivity index (χ0) is 13.7. The van der Waals surface area contributed by atoms with Crippen molar-refractivity contribution in [2.45, 2.75) is 26.4 Å². The zero-order valence-electron chi connectivity index (χ0n) is 10.7. The zero-order valence-corrected chi connectivity index (χ0v) is 10.7. The van der Waals surface area contributed by atoms with Gasteiger partial charge in [0.2, 0.25) is 5.91 Å². The summed E-state index contributed by atoms with van der Waals surface area (Å²) in [6.45, 7) is 3.30. The van der Waals surface area contributed by atoms with Crippen LogP contribution in [0.2, 0.25) is 0 Å². The lowest BCUT2D eigenvalue weighted by molar-refractivity contribution is -0.118. The van der Waals surface area contributed by atoms with E-state index >= 15 is 0 Å². The van der Waals surface area contributed by atoms with Crippen LogP contribution in [0.5, 0.6) is 11.5 Å². The molecule has 98 valence electrons. The van der Waals surface area contributed by atoms with Crippen molar-refractivity contribution in [3.8, 4) is 11.5 Å². The quantitative estimate of drug-likeness (QED) is 0.831. The second kappa shape index (κ2) is 6.05. The van der Waals surface area contributed by atoms with Gasteiger partial charge in [0.1, 0.15) is 11.9 Å². The Balaban J connectivity index is 2.88. The molecule has 1 aromatic carbocycles. The Labute approximate surface area is 106 Å². The molecule has 5 heteroatoms. The molecule has 0 bridgehead atoms. The second-order valence-electron chi connectivity index (χ2n) is 4.06. The van der Waals surface area contributed by atoms with Gasteiger partial charge < -0.3 is 15.2 Å². The van der Waals surface area contributed by atoms with E-state index in [1.165, 1.54) is 20.1 Å². The van der Waals surface area contributed by atoms with Crippen LogP contribution in [-0.2, 0) is 4.79 Å². The molecule has 0 aliphatic rings. The molecule has 0 spiro atoms. The van der Waals surface area contributed by atoms with Gasteiger partial charge in [-0.05, 0) is 32.0 Å². The van der Waals surface area contributed by atoms with E-state index in [4.69, 9.17) is 15.2 Å². The van der Waals surface area contributed by atoms with Crippen molar-refractivity contribution in [2.75, 3.05) is 7.11 Å². The maximum Gasteiger partial charge on any atom is 0.248 e. The number of carbonyl (C=O) groups is 2. The highest BCUT2D eigenvalue weighted by atomic mass is 16.5. The number of primary amides is 1.